The lowest BCUT2D eigenvalue weighted by molar-refractivity contribution is -0.140. The van der Waals surface area contributed by atoms with Crippen molar-refractivity contribution < 1.29 is 22.7 Å². The summed E-state index contributed by atoms with van der Waals surface area (Å²) in [6, 6.07) is 7.46. The van der Waals surface area contributed by atoms with Gasteiger partial charge in [0.2, 0.25) is 5.91 Å². The molecular formula is C30H37N5O5S. The van der Waals surface area contributed by atoms with E-state index in [9.17, 15) is 18.0 Å². The monoisotopic (exact) mass is 579 g/mol. The van der Waals surface area contributed by atoms with Gasteiger partial charge in [-0.25, -0.2) is 4.72 Å². The second kappa shape index (κ2) is 11.2. The Morgan fingerprint density at radius 3 is 2.56 bits per heavy atom. The van der Waals surface area contributed by atoms with Gasteiger partial charge in [-0.05, 0) is 54.5 Å². The maximum absolute atomic E-state index is 13.9. The fourth-order valence-corrected chi connectivity index (χ4v) is 7.18. The standard InChI is InChI=1S/C30H37N5O5S/c1-33(2)41(38,39)32-29(36)22-8-9-24-26(17-22)35-19-23(30(37)34-12-14-40-15-13-34)16-21-10-11-31-18-25(21)28(35)27(24)20-6-4-3-5-7-20/h8-11,17-18,20,23H,3-7,12-16,19H2,1-2H3,(H,32,36). The fourth-order valence-electron chi connectivity index (χ4n) is 6.64. The summed E-state index contributed by atoms with van der Waals surface area (Å²) < 4.78 is 35.6. The second-order valence-corrected chi connectivity index (χ2v) is 13.4. The van der Waals surface area contributed by atoms with Crippen molar-refractivity contribution in [1.82, 2.24) is 23.5 Å². The summed E-state index contributed by atoms with van der Waals surface area (Å²) in [6.45, 7) is 2.70. The van der Waals surface area contributed by atoms with Crippen LogP contribution in [0.25, 0.3) is 22.2 Å². The van der Waals surface area contributed by atoms with Crippen molar-refractivity contribution >= 4 is 32.9 Å². The molecule has 1 aromatic carbocycles. The molecule has 6 rings (SSSR count). The first kappa shape index (κ1) is 27.9. The molecule has 0 spiro atoms. The predicted molar refractivity (Wildman–Crippen MR) is 156 cm³/mol. The summed E-state index contributed by atoms with van der Waals surface area (Å²) in [5, 5.41) is 1.05. The largest absolute Gasteiger partial charge is 0.378 e. The number of nitrogens with zero attached hydrogens (tertiary/aromatic N) is 4. The number of benzene rings is 1. The van der Waals surface area contributed by atoms with Crippen LogP contribution in [0, 0.1) is 5.92 Å². The van der Waals surface area contributed by atoms with Crippen LogP contribution in [-0.2, 0) is 32.7 Å². The van der Waals surface area contributed by atoms with E-state index in [1.54, 1.807) is 18.3 Å². The molecular weight excluding hydrogens is 542 g/mol. The number of hydrogen-bond donors (Lipinski definition) is 1. The smallest absolute Gasteiger partial charge is 0.303 e. The number of aromatic nitrogens is 2. The van der Waals surface area contributed by atoms with Crippen molar-refractivity contribution in [3.63, 3.8) is 0 Å². The van der Waals surface area contributed by atoms with Crippen molar-refractivity contribution in [1.29, 1.82) is 0 Å². The van der Waals surface area contributed by atoms with Gasteiger partial charge in [0, 0.05) is 68.2 Å². The number of morpholine rings is 1. The van der Waals surface area contributed by atoms with Crippen LogP contribution in [0.4, 0.5) is 0 Å². The Morgan fingerprint density at radius 1 is 1.07 bits per heavy atom. The van der Waals surface area contributed by atoms with Gasteiger partial charge in [0.1, 0.15) is 0 Å². The van der Waals surface area contributed by atoms with E-state index in [0.29, 0.717) is 45.2 Å². The van der Waals surface area contributed by atoms with Crippen molar-refractivity contribution in [3.8, 4) is 11.3 Å². The number of rotatable bonds is 5. The average molecular weight is 580 g/mol. The van der Waals surface area contributed by atoms with Gasteiger partial charge >= 0.3 is 10.2 Å². The molecule has 0 bridgehead atoms. The summed E-state index contributed by atoms with van der Waals surface area (Å²) in [5.74, 6) is -0.518. The third-order valence-corrected chi connectivity index (χ3v) is 10.2. The van der Waals surface area contributed by atoms with E-state index in [1.165, 1.54) is 26.1 Å². The second-order valence-electron chi connectivity index (χ2n) is 11.5. The summed E-state index contributed by atoms with van der Waals surface area (Å²) in [7, 11) is -1.20. The van der Waals surface area contributed by atoms with Gasteiger partial charge in [-0.2, -0.15) is 12.7 Å². The number of hydrogen-bond acceptors (Lipinski definition) is 6. The first-order valence-electron chi connectivity index (χ1n) is 14.4. The average Bonchev–Trinajstić information content (AvgIpc) is 3.19. The van der Waals surface area contributed by atoms with Gasteiger partial charge in [-0.15, -0.1) is 0 Å². The Balaban J connectivity index is 1.52. The van der Waals surface area contributed by atoms with E-state index in [4.69, 9.17) is 4.74 Å². The lowest BCUT2D eigenvalue weighted by Crippen LogP contribution is -2.45. The summed E-state index contributed by atoms with van der Waals surface area (Å²) >= 11 is 0. The van der Waals surface area contributed by atoms with Gasteiger partial charge < -0.3 is 14.2 Å². The predicted octanol–water partition coefficient (Wildman–Crippen LogP) is 3.32. The molecule has 2 amide bonds. The lowest BCUT2D eigenvalue weighted by Gasteiger charge is -2.30. The highest BCUT2D eigenvalue weighted by Crippen LogP contribution is 2.46. The molecule has 4 heterocycles. The minimum atomic E-state index is -3.95. The van der Waals surface area contributed by atoms with Gasteiger partial charge in [0.25, 0.3) is 5.91 Å². The number of amides is 2. The van der Waals surface area contributed by atoms with Crippen LogP contribution in [0.1, 0.15) is 59.5 Å². The minimum absolute atomic E-state index is 0.107. The number of carbonyl (C=O) groups is 2. The van der Waals surface area contributed by atoms with Crippen molar-refractivity contribution in [2.24, 2.45) is 5.92 Å². The summed E-state index contributed by atoms with van der Waals surface area (Å²) in [5.41, 5.74) is 5.55. The molecule has 1 N–H and O–H groups in total. The quantitative estimate of drug-likeness (QED) is 0.496. The Bertz CT molecular complexity index is 1590. The lowest BCUT2D eigenvalue weighted by atomic mass is 9.81. The van der Waals surface area contributed by atoms with Crippen molar-refractivity contribution in [2.75, 3.05) is 40.4 Å². The van der Waals surface area contributed by atoms with E-state index < -0.39 is 16.1 Å². The maximum atomic E-state index is 13.9. The molecule has 11 heteroatoms. The summed E-state index contributed by atoms with van der Waals surface area (Å²) in [4.78, 5) is 33.4. The van der Waals surface area contributed by atoms with Crippen LogP contribution in [0.15, 0.2) is 36.7 Å². The third-order valence-electron chi connectivity index (χ3n) is 8.79. The van der Waals surface area contributed by atoms with E-state index >= 15 is 0 Å². The van der Waals surface area contributed by atoms with E-state index in [1.807, 2.05) is 23.2 Å². The Kier molecular flexibility index (Phi) is 7.60. The zero-order chi connectivity index (χ0) is 28.7. The van der Waals surface area contributed by atoms with Gasteiger partial charge in [-0.1, -0.05) is 25.3 Å². The molecule has 0 radical (unpaired) electrons. The molecule has 2 aromatic heterocycles. The van der Waals surface area contributed by atoms with E-state index in [2.05, 4.69) is 14.3 Å². The maximum Gasteiger partial charge on any atom is 0.303 e. The Morgan fingerprint density at radius 2 is 1.83 bits per heavy atom. The van der Waals surface area contributed by atoms with Gasteiger partial charge in [0.15, 0.2) is 0 Å². The first-order chi connectivity index (χ1) is 19.7. The zero-order valence-electron chi connectivity index (χ0n) is 23.6. The van der Waals surface area contributed by atoms with Crippen LogP contribution >= 0.6 is 0 Å². The molecule has 41 heavy (non-hydrogen) atoms. The fraction of sp³-hybridized carbons (Fsp3) is 0.500. The SMILES string of the molecule is CN(C)S(=O)(=O)NC(=O)c1ccc2c(C3CCCCC3)c3n(c2c1)CC(C(=O)N1CCOCC1)Cc1ccncc1-3. The number of carbonyl (C=O) groups excluding carboxylic acids is 2. The number of pyridine rings is 1. The van der Waals surface area contributed by atoms with Crippen LogP contribution in [0.2, 0.25) is 0 Å². The molecule has 218 valence electrons. The zero-order valence-corrected chi connectivity index (χ0v) is 24.5. The van der Waals surface area contributed by atoms with Crippen LogP contribution in [-0.4, -0.2) is 79.4 Å². The molecule has 10 nitrogen and oxygen atoms in total. The van der Waals surface area contributed by atoms with Gasteiger partial charge in [-0.3, -0.25) is 14.6 Å². The van der Waals surface area contributed by atoms with Crippen LogP contribution < -0.4 is 4.72 Å². The minimum Gasteiger partial charge on any atom is -0.378 e. The van der Waals surface area contributed by atoms with Crippen LogP contribution in [0.3, 0.4) is 0 Å². The highest BCUT2D eigenvalue weighted by Gasteiger charge is 2.35. The first-order valence-corrected chi connectivity index (χ1v) is 15.9. The Labute approximate surface area is 240 Å². The molecule has 1 unspecified atom stereocenters. The topological polar surface area (TPSA) is 114 Å². The van der Waals surface area contributed by atoms with E-state index in [-0.39, 0.29) is 17.4 Å². The number of fused-ring (bicyclic) bond motifs is 5. The molecule has 2 aliphatic heterocycles. The molecule has 1 atom stereocenters. The molecule has 1 aliphatic carbocycles. The third kappa shape index (κ3) is 5.26. The highest BCUT2D eigenvalue weighted by molar-refractivity contribution is 7.87. The number of nitrogens with one attached hydrogen (secondary N) is 1. The molecule has 1 saturated heterocycles. The molecule has 2 fully saturated rings. The van der Waals surface area contributed by atoms with Gasteiger partial charge in [0.05, 0.1) is 24.8 Å². The van der Waals surface area contributed by atoms with Crippen molar-refractivity contribution in [3.05, 3.63) is 53.3 Å². The molecule has 3 aromatic rings. The molecule has 1 saturated carbocycles. The normalized spacial score (nSPS) is 20.0. The summed E-state index contributed by atoms with van der Waals surface area (Å²) in [6.07, 6.45) is 10.0. The molecule has 3 aliphatic rings. The van der Waals surface area contributed by atoms with E-state index in [0.717, 1.165) is 57.7 Å². The van der Waals surface area contributed by atoms with Crippen molar-refractivity contribution in [2.45, 2.75) is 51.0 Å². The highest BCUT2D eigenvalue weighted by atomic mass is 32.2. The number of ether oxygens (including phenoxy) is 1. The Hall–Kier alpha value is -3.28. The van der Waals surface area contributed by atoms with Crippen LogP contribution in [0.5, 0.6) is 0 Å².